The van der Waals surface area contributed by atoms with Crippen molar-refractivity contribution in [2.24, 2.45) is 0 Å². The zero-order valence-electron chi connectivity index (χ0n) is 20.6. The standard InChI is InChI=1S/C24H32F2N6O4/c1-23(2)35-21-16(31-19-10-28-9-18(32-19)24(3,25)26)12-33-17(22(21)36-23)13-34-20-11-29-15(8-30-20)14-4-6-27-7-5-14/h8-11,14,16-17,21-22,27H,4-7,12-13H2,1-3H3,(H,31,32)/t16-,17+,21+,22-/m0/s1. The quantitative estimate of drug-likeness (QED) is 0.581. The first kappa shape index (κ1) is 25.1. The normalized spacial score (nSPS) is 28.5. The van der Waals surface area contributed by atoms with Gasteiger partial charge in [0.15, 0.2) is 5.79 Å². The van der Waals surface area contributed by atoms with Crippen LogP contribution in [0.2, 0.25) is 0 Å². The average Bonchev–Trinajstić information content (AvgIpc) is 3.20. The minimum Gasteiger partial charge on any atom is -0.474 e. The molecule has 0 bridgehead atoms. The summed E-state index contributed by atoms with van der Waals surface area (Å²) in [4.78, 5) is 16.9. The Balaban J connectivity index is 1.22. The predicted octanol–water partition coefficient (Wildman–Crippen LogP) is 2.62. The Bertz CT molecular complexity index is 1030. The summed E-state index contributed by atoms with van der Waals surface area (Å²) in [7, 11) is 0. The lowest BCUT2D eigenvalue weighted by Gasteiger charge is -2.37. The second-order valence-corrected chi connectivity index (χ2v) is 9.98. The molecular weight excluding hydrogens is 474 g/mol. The van der Waals surface area contributed by atoms with E-state index in [0.29, 0.717) is 11.8 Å². The summed E-state index contributed by atoms with van der Waals surface area (Å²) in [6.45, 7) is 6.85. The molecule has 2 N–H and O–H groups in total. The first-order valence-corrected chi connectivity index (χ1v) is 12.3. The maximum absolute atomic E-state index is 13.7. The van der Waals surface area contributed by atoms with Crippen molar-refractivity contribution >= 4 is 5.82 Å². The molecule has 3 fully saturated rings. The van der Waals surface area contributed by atoms with Gasteiger partial charge in [-0.15, -0.1) is 0 Å². The minimum absolute atomic E-state index is 0.200. The van der Waals surface area contributed by atoms with Crippen LogP contribution in [0.3, 0.4) is 0 Å². The molecule has 0 spiro atoms. The summed E-state index contributed by atoms with van der Waals surface area (Å²) in [5.41, 5.74) is 0.567. The van der Waals surface area contributed by atoms with Crippen LogP contribution in [0.4, 0.5) is 14.6 Å². The first-order chi connectivity index (χ1) is 17.2. The van der Waals surface area contributed by atoms with E-state index in [1.807, 2.05) is 13.8 Å². The number of nitrogens with zero attached hydrogens (tertiary/aromatic N) is 4. The van der Waals surface area contributed by atoms with Gasteiger partial charge in [0.25, 0.3) is 5.92 Å². The molecule has 12 heteroatoms. The summed E-state index contributed by atoms with van der Waals surface area (Å²) in [5.74, 6) is -2.89. The van der Waals surface area contributed by atoms with Crippen LogP contribution >= 0.6 is 0 Å². The van der Waals surface area contributed by atoms with E-state index in [4.69, 9.17) is 18.9 Å². The van der Waals surface area contributed by atoms with Crippen LogP contribution in [0.5, 0.6) is 5.88 Å². The second-order valence-electron chi connectivity index (χ2n) is 9.98. The van der Waals surface area contributed by atoms with Crippen molar-refractivity contribution in [3.63, 3.8) is 0 Å². The van der Waals surface area contributed by atoms with E-state index < -0.39 is 35.7 Å². The van der Waals surface area contributed by atoms with Crippen molar-refractivity contribution in [3.8, 4) is 5.88 Å². The highest BCUT2D eigenvalue weighted by Gasteiger charge is 2.52. The molecule has 3 aliphatic heterocycles. The highest BCUT2D eigenvalue weighted by Crippen LogP contribution is 2.37. The summed E-state index contributed by atoms with van der Waals surface area (Å²) in [6, 6.07) is -0.382. The Morgan fingerprint density at radius 1 is 1.11 bits per heavy atom. The van der Waals surface area contributed by atoms with Crippen molar-refractivity contribution in [3.05, 3.63) is 36.2 Å². The van der Waals surface area contributed by atoms with Crippen LogP contribution in [-0.4, -0.2) is 76.4 Å². The number of fused-ring (bicyclic) bond motifs is 1. The van der Waals surface area contributed by atoms with Gasteiger partial charge >= 0.3 is 0 Å². The first-order valence-electron chi connectivity index (χ1n) is 12.3. The molecule has 4 atom stereocenters. The van der Waals surface area contributed by atoms with Gasteiger partial charge in [-0.3, -0.25) is 9.97 Å². The molecule has 5 rings (SSSR count). The number of piperidine rings is 1. The maximum atomic E-state index is 13.7. The Labute approximate surface area is 208 Å². The maximum Gasteiger partial charge on any atom is 0.288 e. The molecule has 2 aromatic rings. The number of aromatic nitrogens is 4. The fourth-order valence-electron chi connectivity index (χ4n) is 4.83. The highest BCUT2D eigenvalue weighted by atomic mass is 19.3. The number of rotatable bonds is 7. The zero-order chi connectivity index (χ0) is 25.3. The van der Waals surface area contributed by atoms with E-state index >= 15 is 0 Å². The van der Waals surface area contributed by atoms with Crippen LogP contribution in [0.1, 0.15) is 50.9 Å². The molecular formula is C24H32F2N6O4. The van der Waals surface area contributed by atoms with Crippen LogP contribution in [0.25, 0.3) is 0 Å². The molecule has 10 nitrogen and oxygen atoms in total. The summed E-state index contributed by atoms with van der Waals surface area (Å²) < 4.78 is 51.6. The Hall–Kier alpha value is -2.54. The van der Waals surface area contributed by atoms with E-state index in [-0.39, 0.29) is 25.1 Å². The average molecular weight is 507 g/mol. The van der Waals surface area contributed by atoms with Crippen LogP contribution in [0, 0.1) is 0 Å². The number of anilines is 1. The van der Waals surface area contributed by atoms with Gasteiger partial charge in [-0.1, -0.05) is 0 Å². The predicted molar refractivity (Wildman–Crippen MR) is 125 cm³/mol. The number of nitrogens with one attached hydrogen (secondary N) is 2. The zero-order valence-corrected chi connectivity index (χ0v) is 20.6. The van der Waals surface area contributed by atoms with Gasteiger partial charge in [0.1, 0.15) is 36.4 Å². The molecule has 0 saturated carbocycles. The summed E-state index contributed by atoms with van der Waals surface area (Å²) in [5, 5.41) is 6.48. The van der Waals surface area contributed by atoms with E-state index in [1.165, 1.54) is 6.20 Å². The lowest BCUT2D eigenvalue weighted by atomic mass is 9.95. The van der Waals surface area contributed by atoms with E-state index in [2.05, 4.69) is 30.6 Å². The molecule has 196 valence electrons. The Morgan fingerprint density at radius 3 is 2.61 bits per heavy atom. The molecule has 0 amide bonds. The third kappa shape index (κ3) is 5.72. The molecule has 0 aliphatic carbocycles. The largest absolute Gasteiger partial charge is 0.474 e. The van der Waals surface area contributed by atoms with E-state index in [0.717, 1.165) is 44.7 Å². The third-order valence-electron chi connectivity index (χ3n) is 6.64. The minimum atomic E-state index is -3.09. The van der Waals surface area contributed by atoms with Crippen LogP contribution in [-0.2, 0) is 20.1 Å². The third-order valence-corrected chi connectivity index (χ3v) is 6.64. The molecule has 0 unspecified atom stereocenters. The topological polar surface area (TPSA) is 113 Å². The van der Waals surface area contributed by atoms with Crippen molar-refractivity contribution in [2.75, 3.05) is 31.6 Å². The number of hydrogen-bond donors (Lipinski definition) is 2. The van der Waals surface area contributed by atoms with Crippen molar-refractivity contribution < 1.29 is 27.7 Å². The second kappa shape index (κ2) is 10.1. The number of hydrogen-bond acceptors (Lipinski definition) is 10. The fraction of sp³-hybridized carbons (Fsp3) is 0.667. The summed E-state index contributed by atoms with van der Waals surface area (Å²) in [6.07, 6.45) is 6.69. The molecule has 0 radical (unpaired) electrons. The number of alkyl halides is 2. The SMILES string of the molecule is CC1(C)O[C@@H]2[C@H](O1)[C@@H](Nc1cncc(C(C)(F)F)n1)CO[C@@H]2COc1cnc(C2CCNCC2)cn1. The van der Waals surface area contributed by atoms with Gasteiger partial charge in [0.05, 0.1) is 43.1 Å². The van der Waals surface area contributed by atoms with Crippen molar-refractivity contribution in [1.29, 1.82) is 0 Å². The van der Waals surface area contributed by atoms with Crippen molar-refractivity contribution in [1.82, 2.24) is 25.3 Å². The van der Waals surface area contributed by atoms with Crippen LogP contribution in [0.15, 0.2) is 24.8 Å². The number of halogens is 2. The molecule has 2 aromatic heterocycles. The van der Waals surface area contributed by atoms with Crippen molar-refractivity contribution in [2.45, 2.75) is 75.6 Å². The van der Waals surface area contributed by atoms with Gasteiger partial charge < -0.3 is 29.6 Å². The molecule has 0 aromatic carbocycles. The molecule has 3 aliphatic rings. The van der Waals surface area contributed by atoms with Gasteiger partial charge in [-0.25, -0.2) is 9.97 Å². The van der Waals surface area contributed by atoms with Gasteiger partial charge in [0.2, 0.25) is 5.88 Å². The van der Waals surface area contributed by atoms with Crippen LogP contribution < -0.4 is 15.4 Å². The smallest absolute Gasteiger partial charge is 0.288 e. The molecule has 36 heavy (non-hydrogen) atoms. The lowest BCUT2D eigenvalue weighted by molar-refractivity contribution is -0.156. The lowest BCUT2D eigenvalue weighted by Crippen LogP contribution is -2.55. The van der Waals surface area contributed by atoms with E-state index in [1.54, 1.807) is 12.4 Å². The van der Waals surface area contributed by atoms with Gasteiger partial charge in [-0.05, 0) is 39.8 Å². The fourth-order valence-corrected chi connectivity index (χ4v) is 4.83. The Morgan fingerprint density at radius 2 is 1.89 bits per heavy atom. The van der Waals surface area contributed by atoms with Gasteiger partial charge in [0, 0.05) is 12.8 Å². The molecule has 3 saturated heterocycles. The Kier molecular flexibility index (Phi) is 7.03. The van der Waals surface area contributed by atoms with E-state index in [9.17, 15) is 8.78 Å². The van der Waals surface area contributed by atoms with Gasteiger partial charge in [-0.2, -0.15) is 8.78 Å². The highest BCUT2D eigenvalue weighted by molar-refractivity contribution is 5.35. The number of ether oxygens (including phenoxy) is 4. The monoisotopic (exact) mass is 506 g/mol. The summed E-state index contributed by atoms with van der Waals surface area (Å²) >= 11 is 0. The molecule has 5 heterocycles.